The van der Waals surface area contributed by atoms with Crippen LogP contribution in [0.25, 0.3) is 87.3 Å². The molecule has 1 nitrogen and oxygen atoms in total. The third-order valence-corrected chi connectivity index (χ3v) is 8.56. The van der Waals surface area contributed by atoms with Gasteiger partial charge in [-0.05, 0) is 78.2 Å². The lowest BCUT2D eigenvalue weighted by molar-refractivity contribution is 0.673. The monoisotopic (exact) mass is 521 g/mol. The van der Waals surface area contributed by atoms with Gasteiger partial charge in [0.2, 0.25) is 0 Å². The quantitative estimate of drug-likeness (QED) is 0.206. The Labute approximate surface area is 238 Å². The molecule has 0 saturated carbocycles. The van der Waals surface area contributed by atoms with E-state index >= 15 is 0 Å². The van der Waals surface area contributed by atoms with Crippen molar-refractivity contribution in [3.05, 3.63) is 146 Å². The maximum absolute atomic E-state index is 8.04. The van der Waals surface area contributed by atoms with Crippen molar-refractivity contribution in [2.75, 3.05) is 0 Å². The van der Waals surface area contributed by atoms with Crippen molar-refractivity contribution in [3.63, 3.8) is 0 Å². The first-order chi connectivity index (χ1) is 20.7. The molecule has 0 aliphatic heterocycles. The minimum absolute atomic E-state index is 0.532. The first-order valence-electron chi connectivity index (χ1n) is 14.5. The van der Waals surface area contributed by atoms with E-state index in [1.54, 1.807) is 0 Å². The third-order valence-electron chi connectivity index (χ3n) is 8.56. The number of hydrogen-bond acceptors (Lipinski definition) is 1. The van der Waals surface area contributed by atoms with Gasteiger partial charge in [0.15, 0.2) is 0 Å². The molecule has 0 unspecified atom stereocenters. The lowest BCUT2D eigenvalue weighted by atomic mass is 9.84. The van der Waals surface area contributed by atoms with Crippen LogP contribution < -0.4 is 0 Å². The van der Waals surface area contributed by atoms with Gasteiger partial charge < -0.3 is 4.42 Å². The van der Waals surface area contributed by atoms with Gasteiger partial charge in [0, 0.05) is 16.2 Å². The van der Waals surface area contributed by atoms with Gasteiger partial charge in [0.1, 0.15) is 11.2 Å². The highest BCUT2D eigenvalue weighted by molar-refractivity contribution is 6.27. The van der Waals surface area contributed by atoms with E-state index < -0.39 is 0 Å². The van der Waals surface area contributed by atoms with E-state index in [0.717, 1.165) is 38.1 Å². The molecule has 0 aliphatic rings. The number of fused-ring (bicyclic) bond motifs is 8. The highest BCUT2D eigenvalue weighted by Gasteiger charge is 2.20. The van der Waals surface area contributed by atoms with Crippen molar-refractivity contribution in [3.8, 4) is 22.3 Å². The third kappa shape index (κ3) is 3.24. The van der Waals surface area contributed by atoms with Crippen LogP contribution in [0.2, 0.25) is 0 Å². The fourth-order valence-corrected chi connectivity index (χ4v) is 6.77. The van der Waals surface area contributed by atoms with Crippen LogP contribution in [0.1, 0.15) is 1.37 Å². The molecule has 0 atom stereocenters. The Bertz CT molecular complexity index is 2480. The van der Waals surface area contributed by atoms with Crippen LogP contribution in [0.15, 0.2) is 150 Å². The molecular formula is C40H24O. The summed E-state index contributed by atoms with van der Waals surface area (Å²) < 4.78 is 14.6. The topological polar surface area (TPSA) is 13.1 Å². The normalized spacial score (nSPS) is 12.2. The van der Waals surface area contributed by atoms with E-state index in [-0.39, 0.29) is 0 Å². The van der Waals surface area contributed by atoms with Gasteiger partial charge >= 0.3 is 0 Å². The summed E-state index contributed by atoms with van der Waals surface area (Å²) in [6, 6.07) is 49.8. The molecule has 1 heterocycles. The Morgan fingerprint density at radius 2 is 1.10 bits per heavy atom. The van der Waals surface area contributed by atoms with Gasteiger partial charge in [0.25, 0.3) is 0 Å². The minimum atomic E-state index is 0.532. The number of benzene rings is 8. The zero-order valence-electron chi connectivity index (χ0n) is 23.2. The van der Waals surface area contributed by atoms with Crippen LogP contribution in [-0.2, 0) is 0 Å². The Balaban J connectivity index is 1.42. The van der Waals surface area contributed by atoms with Crippen LogP contribution in [0.4, 0.5) is 0 Å². The van der Waals surface area contributed by atoms with Crippen LogP contribution in [0.5, 0.6) is 0 Å². The molecule has 0 saturated heterocycles. The molecule has 8 aromatic carbocycles. The van der Waals surface area contributed by atoms with Gasteiger partial charge in [-0.15, -0.1) is 0 Å². The molecule has 0 amide bonds. The number of rotatable bonds is 2. The van der Waals surface area contributed by atoms with Crippen LogP contribution in [0.3, 0.4) is 0 Å². The molecule has 1 aromatic heterocycles. The molecule has 0 N–H and O–H groups in total. The van der Waals surface area contributed by atoms with Gasteiger partial charge in [-0.25, -0.2) is 0 Å². The van der Waals surface area contributed by atoms with E-state index in [9.17, 15) is 0 Å². The Kier molecular flexibility index (Phi) is 4.47. The minimum Gasteiger partial charge on any atom is -0.455 e. The molecule has 9 rings (SSSR count). The average Bonchev–Trinajstić information content (AvgIpc) is 3.43. The predicted octanol–water partition coefficient (Wildman–Crippen LogP) is 11.5. The summed E-state index contributed by atoms with van der Waals surface area (Å²) in [6.07, 6.45) is 0. The average molecular weight is 522 g/mol. The first kappa shape index (κ1) is 21.4. The van der Waals surface area contributed by atoms with E-state index in [1.165, 1.54) is 49.2 Å². The molecule has 0 radical (unpaired) electrons. The Morgan fingerprint density at radius 3 is 1.88 bits per heavy atom. The number of hydrogen-bond donors (Lipinski definition) is 0. The van der Waals surface area contributed by atoms with Crippen LogP contribution in [-0.4, -0.2) is 0 Å². The zero-order valence-corrected chi connectivity index (χ0v) is 22.2. The smallest absolute Gasteiger partial charge is 0.143 e. The van der Waals surface area contributed by atoms with E-state index in [2.05, 4.69) is 121 Å². The van der Waals surface area contributed by atoms with Crippen molar-refractivity contribution < 1.29 is 5.79 Å². The van der Waals surface area contributed by atoms with E-state index in [0.29, 0.717) is 6.04 Å². The van der Waals surface area contributed by atoms with Crippen molar-refractivity contribution in [1.82, 2.24) is 0 Å². The van der Waals surface area contributed by atoms with Crippen LogP contribution in [0, 0.1) is 0 Å². The van der Waals surface area contributed by atoms with Gasteiger partial charge in [-0.1, -0.05) is 127 Å². The van der Waals surface area contributed by atoms with Crippen molar-refractivity contribution in [2.45, 2.75) is 0 Å². The van der Waals surface area contributed by atoms with Gasteiger partial charge in [-0.2, -0.15) is 0 Å². The molecule has 1 heteroatoms. The molecule has 190 valence electrons. The standard InChI is InChI=1S/C40H24O/c1-2-12-27-24-28(21-20-25(27)10-1)37-30-14-5-7-16-32(30)38(33-17-8-6-15-31(33)37)34-18-9-19-36-39(34)35-23-22-26-11-3-4-13-29(26)40(35)41-36/h1-24H/i1D. The maximum atomic E-state index is 8.04. The van der Waals surface area contributed by atoms with Crippen molar-refractivity contribution >= 4 is 65.0 Å². The predicted molar refractivity (Wildman–Crippen MR) is 175 cm³/mol. The van der Waals surface area contributed by atoms with Gasteiger partial charge in [-0.3, -0.25) is 0 Å². The zero-order chi connectivity index (χ0) is 27.8. The first-order valence-corrected chi connectivity index (χ1v) is 14.0. The summed E-state index contributed by atoms with van der Waals surface area (Å²) in [5, 5.41) is 11.7. The second-order valence-corrected chi connectivity index (χ2v) is 10.8. The van der Waals surface area contributed by atoms with Crippen molar-refractivity contribution in [1.29, 1.82) is 0 Å². The second kappa shape index (κ2) is 8.55. The Morgan fingerprint density at radius 1 is 0.439 bits per heavy atom. The molecule has 0 fully saturated rings. The highest BCUT2D eigenvalue weighted by atomic mass is 16.3. The van der Waals surface area contributed by atoms with Crippen molar-refractivity contribution in [2.24, 2.45) is 0 Å². The summed E-state index contributed by atoms with van der Waals surface area (Å²) in [6.45, 7) is 0. The van der Waals surface area contributed by atoms with Gasteiger partial charge in [0.05, 0.1) is 1.37 Å². The summed E-state index contributed by atoms with van der Waals surface area (Å²) in [7, 11) is 0. The number of furan rings is 1. The molecular weight excluding hydrogens is 496 g/mol. The Hall–Kier alpha value is -5.40. The second-order valence-electron chi connectivity index (χ2n) is 10.8. The fourth-order valence-electron chi connectivity index (χ4n) is 6.77. The maximum Gasteiger partial charge on any atom is 0.143 e. The molecule has 0 aliphatic carbocycles. The largest absolute Gasteiger partial charge is 0.455 e. The lowest BCUT2D eigenvalue weighted by Gasteiger charge is -2.18. The molecule has 0 spiro atoms. The summed E-state index contributed by atoms with van der Waals surface area (Å²) in [5.74, 6) is 0. The van der Waals surface area contributed by atoms with E-state index in [1.807, 2.05) is 18.2 Å². The van der Waals surface area contributed by atoms with E-state index in [4.69, 9.17) is 5.79 Å². The summed E-state index contributed by atoms with van der Waals surface area (Å²) in [5.41, 5.74) is 6.66. The lowest BCUT2D eigenvalue weighted by Crippen LogP contribution is -1.91. The SMILES string of the molecule is [2H]c1ccc2cc(-c3c4ccccc4c(-c4cccc5oc6c7ccccc7ccc6c45)c4ccccc34)ccc2c1. The summed E-state index contributed by atoms with van der Waals surface area (Å²) in [4.78, 5) is 0. The fraction of sp³-hybridized carbons (Fsp3) is 0. The molecule has 41 heavy (non-hydrogen) atoms. The molecule has 9 aromatic rings. The highest BCUT2D eigenvalue weighted by Crippen LogP contribution is 2.47. The molecule has 0 bridgehead atoms. The van der Waals surface area contributed by atoms with Crippen LogP contribution >= 0.6 is 0 Å². The summed E-state index contributed by atoms with van der Waals surface area (Å²) >= 11 is 0.